The fourth-order valence-corrected chi connectivity index (χ4v) is 3.47. The number of carbonyl (C=O) groups excluding carboxylic acids is 3. The van der Waals surface area contributed by atoms with Gasteiger partial charge in [-0.05, 0) is 30.5 Å². The maximum Gasteiger partial charge on any atom is 0.340 e. The lowest BCUT2D eigenvalue weighted by Crippen LogP contribution is -2.22. The Hall–Kier alpha value is -3.04. The minimum atomic E-state index is -0.707. The van der Waals surface area contributed by atoms with Crippen molar-refractivity contribution in [1.82, 2.24) is 4.98 Å². The van der Waals surface area contributed by atoms with Gasteiger partial charge in [0.15, 0.2) is 11.7 Å². The Kier molecular flexibility index (Phi) is 5.94. The van der Waals surface area contributed by atoms with Crippen molar-refractivity contribution < 1.29 is 19.1 Å². The third kappa shape index (κ3) is 4.99. The second-order valence-corrected chi connectivity index (χ2v) is 7.07. The molecule has 1 aromatic carbocycles. The largest absolute Gasteiger partial charge is 0.452 e. The van der Waals surface area contributed by atoms with Crippen LogP contribution in [-0.4, -0.2) is 29.4 Å². The van der Waals surface area contributed by atoms with Crippen molar-refractivity contribution in [2.24, 2.45) is 0 Å². The Bertz CT molecular complexity index is 967. The average Bonchev–Trinajstić information content (AvgIpc) is 3.32. The molecule has 0 atom stereocenters. The van der Waals surface area contributed by atoms with Crippen LogP contribution in [0.2, 0.25) is 0 Å². The van der Waals surface area contributed by atoms with Crippen LogP contribution < -0.4 is 10.6 Å². The summed E-state index contributed by atoms with van der Waals surface area (Å²) >= 11 is 2.69. The molecule has 0 spiro atoms. The quantitative estimate of drug-likeness (QED) is 0.616. The third-order valence-electron chi connectivity index (χ3n) is 3.38. The highest BCUT2D eigenvalue weighted by molar-refractivity contribution is 7.13. The maximum atomic E-state index is 12.3. The van der Waals surface area contributed by atoms with Crippen LogP contribution in [0.3, 0.4) is 0 Å². The van der Waals surface area contributed by atoms with Gasteiger partial charge in [-0.15, -0.1) is 11.3 Å². The lowest BCUT2D eigenvalue weighted by Gasteiger charge is -2.10. The molecule has 9 heteroatoms. The maximum absolute atomic E-state index is 12.3. The summed E-state index contributed by atoms with van der Waals surface area (Å²) in [5.74, 6) is -1.52. The van der Waals surface area contributed by atoms with E-state index in [0.29, 0.717) is 16.4 Å². The first-order valence-electron chi connectivity index (χ1n) is 7.84. The van der Waals surface area contributed by atoms with Crippen LogP contribution in [0, 0.1) is 6.92 Å². The number of hydrogen-bond acceptors (Lipinski definition) is 7. The van der Waals surface area contributed by atoms with E-state index in [9.17, 15) is 14.4 Å². The highest BCUT2D eigenvalue weighted by atomic mass is 32.1. The number of aryl methyl sites for hydroxylation is 1. The molecule has 0 radical (unpaired) electrons. The van der Waals surface area contributed by atoms with Crippen LogP contribution in [0.5, 0.6) is 0 Å². The van der Waals surface area contributed by atoms with Gasteiger partial charge in [-0.1, -0.05) is 12.1 Å². The van der Waals surface area contributed by atoms with Crippen molar-refractivity contribution in [2.75, 3.05) is 17.2 Å². The van der Waals surface area contributed by atoms with Crippen LogP contribution in [0.15, 0.2) is 46.5 Å². The Morgan fingerprint density at radius 1 is 1.11 bits per heavy atom. The van der Waals surface area contributed by atoms with Crippen LogP contribution in [0.25, 0.3) is 0 Å². The number of anilines is 2. The number of carbonyl (C=O) groups is 3. The molecule has 0 aliphatic rings. The number of para-hydroxylation sites is 1. The number of ether oxygens (including phenoxy) is 1. The van der Waals surface area contributed by atoms with E-state index < -0.39 is 18.5 Å². The number of amides is 2. The van der Waals surface area contributed by atoms with Crippen molar-refractivity contribution >= 4 is 51.3 Å². The molecule has 0 unspecified atom stereocenters. The smallest absolute Gasteiger partial charge is 0.340 e. The minimum Gasteiger partial charge on any atom is -0.452 e. The third-order valence-corrected chi connectivity index (χ3v) is 4.94. The van der Waals surface area contributed by atoms with Crippen LogP contribution in [0.1, 0.15) is 26.4 Å². The Morgan fingerprint density at radius 2 is 1.93 bits per heavy atom. The molecule has 3 aromatic rings. The number of aromatic nitrogens is 1. The molecule has 0 aliphatic carbocycles. The topological polar surface area (TPSA) is 97.4 Å². The zero-order valence-corrected chi connectivity index (χ0v) is 15.9. The van der Waals surface area contributed by atoms with Crippen molar-refractivity contribution in [1.29, 1.82) is 0 Å². The van der Waals surface area contributed by atoms with Gasteiger partial charge in [-0.3, -0.25) is 14.9 Å². The zero-order chi connectivity index (χ0) is 19.2. The SMILES string of the molecule is Cc1csc(NC(=O)COC(=O)c2ccccc2NC(=O)c2ccsc2)n1. The molecule has 0 fully saturated rings. The summed E-state index contributed by atoms with van der Waals surface area (Å²) in [6.45, 7) is 1.36. The van der Waals surface area contributed by atoms with Gasteiger partial charge in [-0.2, -0.15) is 11.3 Å². The molecular formula is C18H15N3O4S2. The van der Waals surface area contributed by atoms with Gasteiger partial charge in [0.05, 0.1) is 22.5 Å². The van der Waals surface area contributed by atoms with E-state index in [2.05, 4.69) is 15.6 Å². The first kappa shape index (κ1) is 18.7. The van der Waals surface area contributed by atoms with Gasteiger partial charge < -0.3 is 10.1 Å². The van der Waals surface area contributed by atoms with E-state index in [0.717, 1.165) is 5.69 Å². The van der Waals surface area contributed by atoms with Gasteiger partial charge >= 0.3 is 5.97 Å². The van der Waals surface area contributed by atoms with Crippen molar-refractivity contribution in [3.05, 3.63) is 63.3 Å². The molecular weight excluding hydrogens is 386 g/mol. The van der Waals surface area contributed by atoms with E-state index in [1.807, 2.05) is 6.92 Å². The first-order valence-corrected chi connectivity index (χ1v) is 9.67. The number of esters is 1. The molecule has 2 heterocycles. The fourth-order valence-electron chi connectivity index (χ4n) is 2.13. The molecule has 2 amide bonds. The van der Waals surface area contributed by atoms with Gasteiger partial charge in [-0.25, -0.2) is 9.78 Å². The molecule has 3 rings (SSSR count). The number of thiophene rings is 1. The standard InChI is InChI=1S/C18H15N3O4S2/c1-11-9-27-18(19-11)21-15(22)8-25-17(24)13-4-2-3-5-14(13)20-16(23)12-6-7-26-10-12/h2-7,9-10H,8H2,1H3,(H,20,23)(H,19,21,22). The molecule has 0 aliphatic heterocycles. The number of nitrogens with one attached hydrogen (secondary N) is 2. The molecule has 2 aromatic heterocycles. The Balaban J connectivity index is 1.61. The van der Waals surface area contributed by atoms with Gasteiger partial charge in [0.2, 0.25) is 0 Å². The second kappa shape index (κ2) is 8.56. The molecule has 0 saturated carbocycles. The monoisotopic (exact) mass is 401 g/mol. The van der Waals surface area contributed by atoms with Crippen LogP contribution >= 0.6 is 22.7 Å². The van der Waals surface area contributed by atoms with E-state index in [-0.39, 0.29) is 11.5 Å². The number of hydrogen-bond donors (Lipinski definition) is 2. The average molecular weight is 401 g/mol. The van der Waals surface area contributed by atoms with E-state index in [4.69, 9.17) is 4.74 Å². The molecule has 2 N–H and O–H groups in total. The lowest BCUT2D eigenvalue weighted by molar-refractivity contribution is -0.119. The van der Waals surface area contributed by atoms with Crippen molar-refractivity contribution in [3.63, 3.8) is 0 Å². The summed E-state index contributed by atoms with van der Waals surface area (Å²) < 4.78 is 5.06. The highest BCUT2D eigenvalue weighted by Gasteiger charge is 2.17. The van der Waals surface area contributed by atoms with Crippen molar-refractivity contribution in [3.8, 4) is 0 Å². The molecule has 0 bridgehead atoms. The van der Waals surface area contributed by atoms with Gasteiger partial charge in [0.25, 0.3) is 11.8 Å². The fraction of sp³-hybridized carbons (Fsp3) is 0.111. The molecule has 0 saturated heterocycles. The van der Waals surface area contributed by atoms with Crippen LogP contribution in [-0.2, 0) is 9.53 Å². The lowest BCUT2D eigenvalue weighted by atomic mass is 10.1. The summed E-state index contributed by atoms with van der Waals surface area (Å²) in [5, 5.41) is 11.0. The normalized spacial score (nSPS) is 10.3. The minimum absolute atomic E-state index is 0.166. The van der Waals surface area contributed by atoms with E-state index in [1.54, 1.807) is 40.4 Å². The number of rotatable bonds is 6. The second-order valence-electron chi connectivity index (χ2n) is 5.43. The number of benzene rings is 1. The molecule has 27 heavy (non-hydrogen) atoms. The van der Waals surface area contributed by atoms with Gasteiger partial charge in [0, 0.05) is 10.8 Å². The van der Waals surface area contributed by atoms with E-state index >= 15 is 0 Å². The molecule has 7 nitrogen and oxygen atoms in total. The summed E-state index contributed by atoms with van der Waals surface area (Å²) in [7, 11) is 0. The predicted octanol–water partition coefficient (Wildman–Crippen LogP) is 3.56. The number of nitrogens with zero attached hydrogens (tertiary/aromatic N) is 1. The summed E-state index contributed by atoms with van der Waals surface area (Å²) in [6.07, 6.45) is 0. The first-order chi connectivity index (χ1) is 13.0. The highest BCUT2D eigenvalue weighted by Crippen LogP contribution is 2.18. The predicted molar refractivity (Wildman–Crippen MR) is 104 cm³/mol. The molecule has 138 valence electrons. The van der Waals surface area contributed by atoms with Crippen molar-refractivity contribution in [2.45, 2.75) is 6.92 Å². The van der Waals surface area contributed by atoms with E-state index in [1.165, 1.54) is 28.7 Å². The Labute approximate surface area is 163 Å². The summed E-state index contributed by atoms with van der Waals surface area (Å²) in [5.41, 5.74) is 1.78. The summed E-state index contributed by atoms with van der Waals surface area (Å²) in [6, 6.07) is 8.14. The van der Waals surface area contributed by atoms with Gasteiger partial charge in [0.1, 0.15) is 0 Å². The number of thiazole rings is 1. The summed E-state index contributed by atoms with van der Waals surface area (Å²) in [4.78, 5) is 40.5. The zero-order valence-electron chi connectivity index (χ0n) is 14.2. The Morgan fingerprint density at radius 3 is 2.63 bits per heavy atom. The van der Waals surface area contributed by atoms with Crippen LogP contribution in [0.4, 0.5) is 10.8 Å².